The number of aromatic carboxylic acids is 1. The number of fused-ring (bicyclic) bond motifs is 2. The van der Waals surface area contributed by atoms with Gasteiger partial charge in [0.25, 0.3) is 0 Å². The second-order valence-corrected chi connectivity index (χ2v) is 7.54. The number of aryl methyl sites for hydroxylation is 2. The number of hydrogen-bond acceptors (Lipinski definition) is 2. The van der Waals surface area contributed by atoms with Gasteiger partial charge < -0.3 is 5.11 Å². The lowest BCUT2D eigenvalue weighted by Crippen LogP contribution is -2.29. The van der Waals surface area contributed by atoms with Crippen LogP contribution >= 0.6 is 0 Å². The van der Waals surface area contributed by atoms with Gasteiger partial charge in [-0.2, -0.15) is 0 Å². The highest BCUT2D eigenvalue weighted by atomic mass is 16.4. The molecule has 22 heavy (non-hydrogen) atoms. The minimum absolute atomic E-state index is 0.190. The Morgan fingerprint density at radius 1 is 1.32 bits per heavy atom. The van der Waals surface area contributed by atoms with Crippen molar-refractivity contribution in [2.45, 2.75) is 47.0 Å². The standard InChI is InChI=1S/C19H23NO2/c1-11-5-7-15-13(9-11)17(18(21)22)14-10-12(19(2,3)4)6-8-16(14)20-15/h5,7,9,12H,6,8,10H2,1-4H3,(H,21,22)/t12-/m1/s1. The van der Waals surface area contributed by atoms with Crippen LogP contribution in [0.25, 0.3) is 10.9 Å². The fourth-order valence-corrected chi connectivity index (χ4v) is 3.54. The number of aromatic nitrogens is 1. The van der Waals surface area contributed by atoms with E-state index in [4.69, 9.17) is 4.98 Å². The van der Waals surface area contributed by atoms with E-state index in [1.807, 2.05) is 25.1 Å². The molecule has 116 valence electrons. The van der Waals surface area contributed by atoms with E-state index in [9.17, 15) is 9.90 Å². The lowest BCUT2D eigenvalue weighted by molar-refractivity contribution is 0.0696. The molecule has 1 N–H and O–H groups in total. The molecular formula is C19H23NO2. The van der Waals surface area contributed by atoms with E-state index < -0.39 is 5.97 Å². The second-order valence-electron chi connectivity index (χ2n) is 7.54. The van der Waals surface area contributed by atoms with Gasteiger partial charge in [-0.25, -0.2) is 4.79 Å². The van der Waals surface area contributed by atoms with E-state index in [1.54, 1.807) is 0 Å². The van der Waals surface area contributed by atoms with Crippen LogP contribution in [0.1, 0.15) is 54.4 Å². The number of nitrogens with zero attached hydrogens (tertiary/aromatic N) is 1. The fraction of sp³-hybridized carbons (Fsp3) is 0.474. The predicted molar refractivity (Wildman–Crippen MR) is 88.4 cm³/mol. The molecule has 3 rings (SSSR count). The third kappa shape index (κ3) is 2.49. The Morgan fingerprint density at radius 3 is 2.68 bits per heavy atom. The van der Waals surface area contributed by atoms with Crippen molar-refractivity contribution in [1.29, 1.82) is 0 Å². The van der Waals surface area contributed by atoms with Crippen LogP contribution in [0, 0.1) is 18.3 Å². The predicted octanol–water partition coefficient (Wildman–Crippen LogP) is 4.39. The summed E-state index contributed by atoms with van der Waals surface area (Å²) in [5.74, 6) is -0.328. The Bertz CT molecular complexity index is 756. The average molecular weight is 297 g/mol. The van der Waals surface area contributed by atoms with E-state index >= 15 is 0 Å². The van der Waals surface area contributed by atoms with Crippen molar-refractivity contribution in [1.82, 2.24) is 4.98 Å². The molecule has 0 saturated carbocycles. The van der Waals surface area contributed by atoms with Gasteiger partial charge in [-0.05, 0) is 55.2 Å². The van der Waals surface area contributed by atoms with Crippen molar-refractivity contribution < 1.29 is 9.90 Å². The molecule has 1 heterocycles. The summed E-state index contributed by atoms with van der Waals surface area (Å²) < 4.78 is 0. The number of benzene rings is 1. The Hall–Kier alpha value is -1.90. The molecule has 0 radical (unpaired) electrons. The SMILES string of the molecule is Cc1ccc2nc3c(c(C(=O)O)c2c1)C[C@H](C(C)(C)C)CC3. The van der Waals surface area contributed by atoms with E-state index in [0.717, 1.165) is 47.0 Å². The highest BCUT2D eigenvalue weighted by Gasteiger charge is 2.32. The molecule has 0 bridgehead atoms. The van der Waals surface area contributed by atoms with Crippen molar-refractivity contribution in [3.05, 3.63) is 40.6 Å². The van der Waals surface area contributed by atoms with E-state index in [0.29, 0.717) is 11.5 Å². The first-order valence-corrected chi connectivity index (χ1v) is 7.93. The van der Waals surface area contributed by atoms with E-state index in [1.165, 1.54) is 0 Å². The molecule has 2 aromatic rings. The monoisotopic (exact) mass is 297 g/mol. The number of carboxylic acids is 1. The molecule has 1 atom stereocenters. The summed E-state index contributed by atoms with van der Waals surface area (Å²) >= 11 is 0. The van der Waals surface area contributed by atoms with Gasteiger partial charge in [-0.1, -0.05) is 32.4 Å². The minimum Gasteiger partial charge on any atom is -0.478 e. The van der Waals surface area contributed by atoms with Gasteiger partial charge in [-0.15, -0.1) is 0 Å². The second kappa shape index (κ2) is 5.08. The van der Waals surface area contributed by atoms with Crippen molar-refractivity contribution in [2.24, 2.45) is 11.3 Å². The Labute approximate surface area is 131 Å². The van der Waals surface area contributed by atoms with Crippen molar-refractivity contribution >= 4 is 16.9 Å². The number of pyridine rings is 1. The van der Waals surface area contributed by atoms with Crippen molar-refractivity contribution in [3.63, 3.8) is 0 Å². The van der Waals surface area contributed by atoms with Crippen LogP contribution in [0.2, 0.25) is 0 Å². The van der Waals surface area contributed by atoms with Crippen LogP contribution in [-0.2, 0) is 12.8 Å². The zero-order valence-electron chi connectivity index (χ0n) is 13.7. The summed E-state index contributed by atoms with van der Waals surface area (Å²) in [6.45, 7) is 8.70. The van der Waals surface area contributed by atoms with Gasteiger partial charge in [0.15, 0.2) is 0 Å². The van der Waals surface area contributed by atoms with Gasteiger partial charge in [0, 0.05) is 11.1 Å². The van der Waals surface area contributed by atoms with Crippen LogP contribution in [0.15, 0.2) is 18.2 Å². The molecule has 0 amide bonds. The highest BCUT2D eigenvalue weighted by molar-refractivity contribution is 6.04. The quantitative estimate of drug-likeness (QED) is 0.849. The smallest absolute Gasteiger partial charge is 0.336 e. The van der Waals surface area contributed by atoms with Gasteiger partial charge in [0.05, 0.1) is 11.1 Å². The molecule has 0 fully saturated rings. The number of rotatable bonds is 1. The highest BCUT2D eigenvalue weighted by Crippen LogP contribution is 2.39. The minimum atomic E-state index is -0.830. The summed E-state index contributed by atoms with van der Waals surface area (Å²) in [6.07, 6.45) is 2.78. The van der Waals surface area contributed by atoms with Gasteiger partial charge in [0.2, 0.25) is 0 Å². The lowest BCUT2D eigenvalue weighted by Gasteiger charge is -2.35. The first-order chi connectivity index (χ1) is 10.3. The maximum absolute atomic E-state index is 11.9. The van der Waals surface area contributed by atoms with Crippen LogP contribution < -0.4 is 0 Å². The Morgan fingerprint density at radius 2 is 2.05 bits per heavy atom. The van der Waals surface area contributed by atoms with Gasteiger partial charge in [-0.3, -0.25) is 4.98 Å². The number of carboxylic acid groups (broad SMARTS) is 1. The Kier molecular flexibility index (Phi) is 3.47. The molecule has 1 aliphatic rings. The molecule has 0 aliphatic heterocycles. The fourth-order valence-electron chi connectivity index (χ4n) is 3.54. The summed E-state index contributed by atoms with van der Waals surface area (Å²) in [4.78, 5) is 16.7. The molecule has 1 aromatic carbocycles. The molecule has 1 aromatic heterocycles. The normalized spacial score (nSPS) is 18.3. The topological polar surface area (TPSA) is 50.2 Å². The van der Waals surface area contributed by atoms with E-state index in [-0.39, 0.29) is 5.41 Å². The van der Waals surface area contributed by atoms with Crippen molar-refractivity contribution in [3.8, 4) is 0 Å². The molecule has 0 spiro atoms. The largest absolute Gasteiger partial charge is 0.478 e. The summed E-state index contributed by atoms with van der Waals surface area (Å²) in [5, 5.41) is 10.6. The maximum Gasteiger partial charge on any atom is 0.336 e. The molecule has 1 aliphatic carbocycles. The summed E-state index contributed by atoms with van der Waals surface area (Å²) in [5.41, 5.74) is 4.47. The van der Waals surface area contributed by atoms with E-state index in [2.05, 4.69) is 20.8 Å². The zero-order valence-corrected chi connectivity index (χ0v) is 13.7. The average Bonchev–Trinajstić information content (AvgIpc) is 2.42. The van der Waals surface area contributed by atoms with Crippen LogP contribution in [0.3, 0.4) is 0 Å². The lowest BCUT2D eigenvalue weighted by atomic mass is 9.70. The maximum atomic E-state index is 11.9. The van der Waals surface area contributed by atoms with Crippen LogP contribution in [-0.4, -0.2) is 16.1 Å². The molecule has 3 heteroatoms. The van der Waals surface area contributed by atoms with Gasteiger partial charge >= 0.3 is 5.97 Å². The Balaban J connectivity index is 2.24. The summed E-state index contributed by atoms with van der Waals surface area (Å²) in [6, 6.07) is 5.88. The number of hydrogen-bond donors (Lipinski definition) is 1. The van der Waals surface area contributed by atoms with Crippen LogP contribution in [0.4, 0.5) is 0 Å². The number of carbonyl (C=O) groups is 1. The molecular weight excluding hydrogens is 274 g/mol. The van der Waals surface area contributed by atoms with Crippen LogP contribution in [0.5, 0.6) is 0 Å². The molecule has 3 nitrogen and oxygen atoms in total. The third-order valence-corrected chi connectivity index (χ3v) is 4.95. The summed E-state index contributed by atoms with van der Waals surface area (Å²) in [7, 11) is 0. The third-order valence-electron chi connectivity index (χ3n) is 4.95. The first-order valence-electron chi connectivity index (χ1n) is 7.93. The molecule has 0 saturated heterocycles. The molecule has 0 unspecified atom stereocenters. The first kappa shape index (κ1) is 15.0. The zero-order chi connectivity index (χ0) is 16.1. The van der Waals surface area contributed by atoms with Crippen molar-refractivity contribution in [2.75, 3.05) is 0 Å². The van der Waals surface area contributed by atoms with Gasteiger partial charge in [0.1, 0.15) is 0 Å².